The van der Waals surface area contributed by atoms with Crippen LogP contribution in [0.3, 0.4) is 0 Å². The Kier molecular flexibility index (Phi) is 21.8. The number of allylic oxidation sites excluding steroid dienone is 2. The van der Waals surface area contributed by atoms with Crippen LogP contribution in [-0.2, 0) is 21.3 Å². The molecule has 54 heavy (non-hydrogen) atoms. The topological polar surface area (TPSA) is 103 Å². The van der Waals surface area contributed by atoms with Gasteiger partial charge in [-0.15, -0.1) is 0 Å². The summed E-state index contributed by atoms with van der Waals surface area (Å²) in [6.45, 7) is 8.94. The second-order valence-corrected chi connectivity index (χ2v) is 16.4. The predicted octanol–water partition coefficient (Wildman–Crippen LogP) is 3.38. The molecule has 1 aliphatic carbocycles. The van der Waals surface area contributed by atoms with E-state index in [-0.39, 0.29) is 90.5 Å². The first kappa shape index (κ1) is 50.1. The van der Waals surface area contributed by atoms with Crippen molar-refractivity contribution < 1.29 is 83.1 Å². The fraction of sp³-hybridized carbons (Fsp3) is 0.333. The number of carbonyl (C=O) groups is 2. The number of rotatable bonds is 12. The zero-order valence-electron chi connectivity index (χ0n) is 34.2. The van der Waals surface area contributed by atoms with Crippen molar-refractivity contribution in [3.8, 4) is 11.1 Å². The van der Waals surface area contributed by atoms with Crippen LogP contribution in [0.25, 0.3) is 16.7 Å². The van der Waals surface area contributed by atoms with Crippen LogP contribution < -0.4 is 64.4 Å². The van der Waals surface area contributed by atoms with E-state index in [1.165, 1.54) is 54.8 Å². The van der Waals surface area contributed by atoms with Gasteiger partial charge in [0.15, 0.2) is 5.78 Å². The fourth-order valence-electron chi connectivity index (χ4n) is 6.70. The third-order valence-electron chi connectivity index (χ3n) is 9.80. The standard InChI is InChI=1S/C42H46ClNO5S.4Na.H/c1-28-26-36(43)21-24-38(28)32-17-22-37(23-18-32)44-41(46)39(27-29-7-9-34(10-8-29)40(45)6-5-25-50(47,48)49)33-13-11-30(12-14-33)31-15-19-35(20-16-31)42(2,3)4;;;;;/h7-15,17-18,21-24,26,35,39H,5-6,16,19-20,25,27H2,1-4H3,(H,44,46)(H,47,48,49);;;;;/q;;;2*+1;-1/p-1/t35-,39-;;;;;/m0...../s1. The van der Waals surface area contributed by atoms with Gasteiger partial charge in [-0.05, 0) is 114 Å². The fourth-order valence-corrected chi connectivity index (χ4v) is 7.43. The Labute approximate surface area is 401 Å². The van der Waals surface area contributed by atoms with E-state index < -0.39 is 21.8 Å². The third kappa shape index (κ3) is 15.3. The molecule has 0 heterocycles. The minimum atomic E-state index is -4.36. The predicted molar refractivity (Wildman–Crippen MR) is 215 cm³/mol. The Morgan fingerprint density at radius 1 is 0.926 bits per heavy atom. The van der Waals surface area contributed by atoms with Crippen LogP contribution in [0.5, 0.6) is 0 Å². The molecular formula is C42H46ClNNa4O5S. The molecule has 1 amide bonds. The average molecular weight is 804 g/mol. The van der Waals surface area contributed by atoms with Gasteiger partial charge in [0.1, 0.15) is 0 Å². The first-order chi connectivity index (χ1) is 24.7. The van der Waals surface area contributed by atoms with Crippen LogP contribution in [-0.4, -0.2) is 74.0 Å². The van der Waals surface area contributed by atoms with Gasteiger partial charge in [0.25, 0.3) is 0 Å². The summed E-state index contributed by atoms with van der Waals surface area (Å²) in [4.78, 5) is 26.6. The van der Waals surface area contributed by atoms with E-state index in [0.717, 1.165) is 47.1 Å². The molecule has 4 aromatic carbocycles. The Hall–Kier alpha value is -0.0400. The maximum absolute atomic E-state index is 14.0. The summed E-state index contributed by atoms with van der Waals surface area (Å²) >= 11 is 9.04. The number of nitrogens with one attached hydrogen (secondary N) is 1. The molecule has 0 saturated heterocycles. The minimum absolute atomic E-state index is 0. The number of hydrogen-bond acceptors (Lipinski definition) is 5. The molecule has 0 aromatic heterocycles. The van der Waals surface area contributed by atoms with E-state index in [2.05, 4.69) is 44.3 Å². The van der Waals surface area contributed by atoms with Crippen LogP contribution in [0.1, 0.15) is 92.8 Å². The number of amides is 1. The molecule has 6 nitrogen and oxygen atoms in total. The van der Waals surface area contributed by atoms with Gasteiger partial charge in [0, 0.05) is 28.4 Å². The second kappa shape index (κ2) is 23.5. The summed E-state index contributed by atoms with van der Waals surface area (Å²) in [6, 6.07) is 28.9. The second-order valence-electron chi connectivity index (χ2n) is 14.5. The van der Waals surface area contributed by atoms with Gasteiger partial charge in [-0.1, -0.05) is 105 Å². The molecule has 1 N–H and O–H groups in total. The van der Waals surface area contributed by atoms with E-state index in [4.69, 9.17) is 11.6 Å². The molecule has 2 atom stereocenters. The first-order valence-electron chi connectivity index (χ1n) is 18.2. The Balaban J connectivity index is 0.00000298. The van der Waals surface area contributed by atoms with Gasteiger partial charge < -0.3 is 11.3 Å². The molecule has 0 unspecified atom stereocenters. The van der Waals surface area contributed by atoms with Crippen molar-refractivity contribution in [3.63, 3.8) is 0 Å². The summed E-state index contributed by atoms with van der Waals surface area (Å²) in [5.74, 6) is -0.773. The molecule has 0 radical (unpaired) electrons. The Morgan fingerprint density at radius 2 is 1.54 bits per heavy atom. The number of benzene rings is 4. The van der Waals surface area contributed by atoms with E-state index in [1.54, 1.807) is 12.1 Å². The summed E-state index contributed by atoms with van der Waals surface area (Å²) in [7, 11) is -4.36. The average Bonchev–Trinajstić information content (AvgIpc) is 3.11. The van der Waals surface area contributed by atoms with Crippen molar-refractivity contribution in [3.05, 3.63) is 130 Å². The molecule has 266 valence electrons. The van der Waals surface area contributed by atoms with Crippen molar-refractivity contribution in [1.82, 2.24) is 0 Å². The van der Waals surface area contributed by atoms with Gasteiger partial charge in [-0.25, -0.2) is 8.42 Å². The molecule has 0 saturated carbocycles. The molecule has 4 aromatic rings. The summed E-state index contributed by atoms with van der Waals surface area (Å²) in [5.41, 5.74) is 8.88. The van der Waals surface area contributed by atoms with Crippen LogP contribution in [0.4, 0.5) is 5.69 Å². The number of carbonyl (C=O) groups excluding carboxylic acids is 2. The van der Waals surface area contributed by atoms with Crippen molar-refractivity contribution in [2.45, 2.75) is 72.1 Å². The number of Topliss-reactive ketones (excluding diaryl/α,β-unsaturated/α-hetero) is 1. The maximum atomic E-state index is 14.0. The van der Waals surface area contributed by atoms with Gasteiger partial charge in [-0.2, -0.15) is 0 Å². The monoisotopic (exact) mass is 803 g/mol. The van der Waals surface area contributed by atoms with Gasteiger partial charge in [-0.3, -0.25) is 9.59 Å². The number of halogens is 1. The Bertz CT molecular complexity index is 1990. The van der Waals surface area contributed by atoms with Gasteiger partial charge in [0.05, 0.1) is 16.0 Å². The molecular weight excluding hydrogens is 758 g/mol. The van der Waals surface area contributed by atoms with Gasteiger partial charge >= 0.3 is 103 Å². The van der Waals surface area contributed by atoms with Crippen molar-refractivity contribution in [2.24, 2.45) is 11.3 Å². The third-order valence-corrected chi connectivity index (χ3v) is 10.8. The number of hydrogen-bond donors (Lipinski definition) is 1. The first-order valence-corrected chi connectivity index (χ1v) is 28.1. The quantitative estimate of drug-likeness (QED) is 0.135. The van der Waals surface area contributed by atoms with E-state index in [9.17, 15) is 22.6 Å². The number of ketones is 1. The molecule has 0 spiro atoms. The van der Waals surface area contributed by atoms with Crippen LogP contribution in [0.2, 0.25) is 5.02 Å². The summed E-state index contributed by atoms with van der Waals surface area (Å²) in [6.07, 6.45) is 6.00. The molecule has 1 aliphatic rings. The van der Waals surface area contributed by atoms with E-state index >= 15 is 0 Å². The SMILES string of the molecule is Cc1cc(Cl)ccc1-c1ccc(NC(=O)[C@@H](Cc2ccc(C(=O)CCCS(=O)(=O)[O-])cc2)c2ccc(C3=CC[C@H](C(C)(C)C)CC3)cc2)cc1.[H-].[Na+].[Na+].[Na][Na]. The summed E-state index contributed by atoms with van der Waals surface area (Å²) in [5, 5.41) is 3.81. The zero-order chi connectivity index (χ0) is 38.1. The molecule has 0 bridgehead atoms. The molecule has 0 fully saturated rings. The van der Waals surface area contributed by atoms with E-state index in [0.29, 0.717) is 28.6 Å². The summed E-state index contributed by atoms with van der Waals surface area (Å²) < 4.78 is 32.8. The van der Waals surface area contributed by atoms with Crippen molar-refractivity contribution in [2.75, 3.05) is 11.1 Å². The number of aryl methyl sites for hydroxylation is 1. The van der Waals surface area contributed by atoms with Gasteiger partial charge in [0.2, 0.25) is 5.91 Å². The van der Waals surface area contributed by atoms with Crippen molar-refractivity contribution in [1.29, 1.82) is 0 Å². The molecule has 0 aliphatic heterocycles. The van der Waals surface area contributed by atoms with Crippen molar-refractivity contribution >= 4 is 88.3 Å². The zero-order valence-corrected chi connectivity index (χ0v) is 42.7. The Morgan fingerprint density at radius 3 is 2.07 bits per heavy atom. The van der Waals surface area contributed by atoms with E-state index in [1.807, 2.05) is 73.7 Å². The molecule has 5 rings (SSSR count). The number of anilines is 1. The van der Waals surface area contributed by atoms with Crippen LogP contribution in [0.15, 0.2) is 97.1 Å². The van der Waals surface area contributed by atoms with Crippen LogP contribution >= 0.6 is 11.6 Å². The van der Waals surface area contributed by atoms with Crippen LogP contribution in [0, 0.1) is 18.3 Å². The normalized spacial score (nSPS) is 14.6. The molecule has 12 heteroatoms.